The monoisotopic (exact) mass is 256 g/mol. The largest absolute Gasteiger partial charge is 0.289 e. The quantitative estimate of drug-likeness (QED) is 0.582. The van der Waals surface area contributed by atoms with Gasteiger partial charge in [-0.1, -0.05) is 59.6 Å². The van der Waals surface area contributed by atoms with E-state index < -0.39 is 0 Å². The van der Waals surface area contributed by atoms with Crippen molar-refractivity contribution in [2.24, 2.45) is 0 Å². The van der Waals surface area contributed by atoms with Gasteiger partial charge < -0.3 is 0 Å². The molecule has 0 aliphatic carbocycles. The number of halogens is 1. The fourth-order valence-electron chi connectivity index (χ4n) is 1.59. The predicted octanol–water partition coefficient (Wildman–Crippen LogP) is 4.54. The molecule has 0 fully saturated rings. The van der Waals surface area contributed by atoms with E-state index in [1.54, 1.807) is 30.3 Å². The summed E-state index contributed by atoms with van der Waals surface area (Å²) >= 11 is 5.85. The molecule has 0 unspecified atom stereocenters. The Kier molecular flexibility index (Phi) is 3.96. The first-order valence-corrected chi connectivity index (χ1v) is 6.07. The molecule has 0 bridgehead atoms. The van der Waals surface area contributed by atoms with Gasteiger partial charge in [-0.3, -0.25) is 4.79 Å². The zero-order chi connectivity index (χ0) is 13.0. The molecule has 2 rings (SSSR count). The third-order valence-corrected chi connectivity index (χ3v) is 2.85. The highest BCUT2D eigenvalue weighted by molar-refractivity contribution is 6.31. The first-order chi connectivity index (χ1) is 8.65. The van der Waals surface area contributed by atoms with E-state index in [9.17, 15) is 4.79 Å². The maximum atomic E-state index is 11.9. The third kappa shape index (κ3) is 3.31. The van der Waals surface area contributed by atoms with Gasteiger partial charge in [0.15, 0.2) is 5.78 Å². The molecule has 0 aliphatic heterocycles. The Morgan fingerprint density at radius 3 is 2.50 bits per heavy atom. The summed E-state index contributed by atoms with van der Waals surface area (Å²) in [6.45, 7) is 2.03. The van der Waals surface area contributed by atoms with E-state index >= 15 is 0 Å². The molecule has 0 saturated heterocycles. The Bertz CT molecular complexity index is 582. The van der Waals surface area contributed by atoms with Gasteiger partial charge in [0.25, 0.3) is 0 Å². The van der Waals surface area contributed by atoms with E-state index in [-0.39, 0.29) is 5.78 Å². The number of ketones is 1. The first-order valence-electron chi connectivity index (χ1n) is 5.70. The summed E-state index contributed by atoms with van der Waals surface area (Å²) < 4.78 is 0. The number of benzene rings is 2. The first kappa shape index (κ1) is 12.6. The zero-order valence-electron chi connectivity index (χ0n) is 10.1. The molecular weight excluding hydrogens is 244 g/mol. The van der Waals surface area contributed by atoms with Crippen molar-refractivity contribution in [2.75, 3.05) is 0 Å². The van der Waals surface area contributed by atoms with Gasteiger partial charge in [-0.25, -0.2) is 0 Å². The van der Waals surface area contributed by atoms with Crippen LogP contribution in [-0.2, 0) is 0 Å². The number of hydrogen-bond acceptors (Lipinski definition) is 1. The van der Waals surface area contributed by atoms with Crippen LogP contribution in [0.5, 0.6) is 0 Å². The van der Waals surface area contributed by atoms with Crippen LogP contribution in [-0.4, -0.2) is 5.78 Å². The molecule has 0 amide bonds. The number of rotatable bonds is 3. The lowest BCUT2D eigenvalue weighted by Crippen LogP contribution is -1.93. The van der Waals surface area contributed by atoms with E-state index in [2.05, 4.69) is 0 Å². The second-order valence-corrected chi connectivity index (χ2v) is 4.56. The van der Waals surface area contributed by atoms with Gasteiger partial charge in [0, 0.05) is 10.6 Å². The van der Waals surface area contributed by atoms with Crippen LogP contribution in [0.15, 0.2) is 54.6 Å². The van der Waals surface area contributed by atoms with Gasteiger partial charge in [-0.2, -0.15) is 0 Å². The Balaban J connectivity index is 2.14. The van der Waals surface area contributed by atoms with Crippen molar-refractivity contribution >= 4 is 23.5 Å². The fourth-order valence-corrected chi connectivity index (χ4v) is 1.78. The summed E-state index contributed by atoms with van der Waals surface area (Å²) in [5, 5.41) is 0.574. The number of aryl methyl sites for hydroxylation is 1. The van der Waals surface area contributed by atoms with Crippen LogP contribution in [0.1, 0.15) is 21.5 Å². The maximum absolute atomic E-state index is 11.9. The molecule has 0 aromatic heterocycles. The topological polar surface area (TPSA) is 17.1 Å². The molecule has 0 atom stereocenters. The molecule has 0 aliphatic rings. The molecule has 2 heteroatoms. The second kappa shape index (κ2) is 5.65. The van der Waals surface area contributed by atoms with Crippen LogP contribution in [0.2, 0.25) is 5.02 Å². The lowest BCUT2D eigenvalue weighted by molar-refractivity contribution is 0.104. The number of carbonyl (C=O) groups excluding carboxylic acids is 1. The average molecular weight is 257 g/mol. The summed E-state index contributed by atoms with van der Waals surface area (Å²) in [4.78, 5) is 11.9. The summed E-state index contributed by atoms with van der Waals surface area (Å²) in [6, 6.07) is 15.0. The molecule has 18 heavy (non-hydrogen) atoms. The molecule has 90 valence electrons. The Morgan fingerprint density at radius 2 is 1.83 bits per heavy atom. The SMILES string of the molecule is Cc1ccc(C=CC(=O)c2cccc(Cl)c2)cc1. The highest BCUT2D eigenvalue weighted by Crippen LogP contribution is 2.12. The normalized spacial score (nSPS) is 10.8. The van der Waals surface area contributed by atoms with Crippen molar-refractivity contribution in [3.05, 3.63) is 76.3 Å². The molecule has 2 aromatic carbocycles. The van der Waals surface area contributed by atoms with E-state index in [4.69, 9.17) is 11.6 Å². The minimum absolute atomic E-state index is 0.0434. The minimum atomic E-state index is -0.0434. The molecule has 0 saturated carbocycles. The van der Waals surface area contributed by atoms with Gasteiger partial charge in [0.05, 0.1) is 0 Å². The van der Waals surface area contributed by atoms with Crippen LogP contribution in [0.25, 0.3) is 6.08 Å². The van der Waals surface area contributed by atoms with E-state index in [0.717, 1.165) is 5.56 Å². The second-order valence-electron chi connectivity index (χ2n) is 4.12. The molecule has 2 aromatic rings. The van der Waals surface area contributed by atoms with E-state index in [0.29, 0.717) is 10.6 Å². The summed E-state index contributed by atoms with van der Waals surface area (Å²) in [5.74, 6) is -0.0434. The predicted molar refractivity (Wildman–Crippen MR) is 76.0 cm³/mol. The molecule has 1 nitrogen and oxygen atoms in total. The van der Waals surface area contributed by atoms with Crippen molar-refractivity contribution in [1.82, 2.24) is 0 Å². The van der Waals surface area contributed by atoms with Crippen LogP contribution >= 0.6 is 11.6 Å². The zero-order valence-corrected chi connectivity index (χ0v) is 10.8. The fraction of sp³-hybridized carbons (Fsp3) is 0.0625. The molecule has 0 heterocycles. The molecule has 0 radical (unpaired) electrons. The van der Waals surface area contributed by atoms with Gasteiger partial charge in [0.1, 0.15) is 0 Å². The summed E-state index contributed by atoms with van der Waals surface area (Å²) in [6.07, 6.45) is 3.37. The van der Waals surface area contributed by atoms with Gasteiger partial charge >= 0.3 is 0 Å². The highest BCUT2D eigenvalue weighted by Gasteiger charge is 2.01. The molecular formula is C16H13ClO. The Morgan fingerprint density at radius 1 is 1.11 bits per heavy atom. The molecule has 0 N–H and O–H groups in total. The number of hydrogen-bond donors (Lipinski definition) is 0. The number of carbonyl (C=O) groups is 1. The maximum Gasteiger partial charge on any atom is 0.185 e. The average Bonchev–Trinajstić information content (AvgIpc) is 2.38. The van der Waals surface area contributed by atoms with Crippen LogP contribution in [0.4, 0.5) is 0 Å². The smallest absolute Gasteiger partial charge is 0.185 e. The van der Waals surface area contributed by atoms with Gasteiger partial charge in [-0.05, 0) is 30.7 Å². The van der Waals surface area contributed by atoms with Crippen molar-refractivity contribution in [2.45, 2.75) is 6.92 Å². The van der Waals surface area contributed by atoms with E-state index in [1.807, 2.05) is 37.3 Å². The van der Waals surface area contributed by atoms with Crippen molar-refractivity contribution in [3.63, 3.8) is 0 Å². The minimum Gasteiger partial charge on any atom is -0.289 e. The van der Waals surface area contributed by atoms with Crippen LogP contribution in [0, 0.1) is 6.92 Å². The van der Waals surface area contributed by atoms with Gasteiger partial charge in [-0.15, -0.1) is 0 Å². The van der Waals surface area contributed by atoms with Crippen molar-refractivity contribution in [1.29, 1.82) is 0 Å². The van der Waals surface area contributed by atoms with Crippen molar-refractivity contribution < 1.29 is 4.79 Å². The Hall–Kier alpha value is -1.86. The lowest BCUT2D eigenvalue weighted by atomic mass is 10.1. The standard InChI is InChI=1S/C16H13ClO/c1-12-5-7-13(8-6-12)9-10-16(18)14-3-2-4-15(17)11-14/h2-11H,1H3. The summed E-state index contributed by atoms with van der Waals surface area (Å²) in [7, 11) is 0. The summed E-state index contributed by atoms with van der Waals surface area (Å²) in [5.41, 5.74) is 2.81. The highest BCUT2D eigenvalue weighted by atomic mass is 35.5. The Labute approximate surface area is 112 Å². The van der Waals surface area contributed by atoms with Crippen molar-refractivity contribution in [3.8, 4) is 0 Å². The molecule has 0 spiro atoms. The number of allylic oxidation sites excluding steroid dienone is 1. The lowest BCUT2D eigenvalue weighted by Gasteiger charge is -1.97. The van der Waals surface area contributed by atoms with Gasteiger partial charge in [0.2, 0.25) is 0 Å². The van der Waals surface area contributed by atoms with Crippen LogP contribution < -0.4 is 0 Å². The third-order valence-electron chi connectivity index (χ3n) is 2.61. The van der Waals surface area contributed by atoms with Crippen LogP contribution in [0.3, 0.4) is 0 Å². The van der Waals surface area contributed by atoms with E-state index in [1.165, 1.54) is 5.56 Å².